The van der Waals surface area contributed by atoms with Gasteiger partial charge in [-0.15, -0.1) is 0 Å². The Hall–Kier alpha value is -2.60. The second-order valence-electron chi connectivity index (χ2n) is 6.05. The summed E-state index contributed by atoms with van der Waals surface area (Å²) in [5, 5.41) is 5.20. The van der Waals surface area contributed by atoms with Gasteiger partial charge in [-0.2, -0.15) is 5.10 Å². The molecule has 1 fully saturated rings. The lowest BCUT2D eigenvalue weighted by Gasteiger charge is -2.07. The highest BCUT2D eigenvalue weighted by atomic mass is 35.5. The van der Waals surface area contributed by atoms with Crippen molar-refractivity contribution < 1.29 is 19.1 Å². The van der Waals surface area contributed by atoms with E-state index in [9.17, 15) is 9.59 Å². The van der Waals surface area contributed by atoms with Gasteiger partial charge in [-0.05, 0) is 31.6 Å². The average Bonchev–Trinajstić information content (AvgIpc) is 3.12. The summed E-state index contributed by atoms with van der Waals surface area (Å²) in [7, 11) is 0. The molecule has 1 atom stereocenters. The van der Waals surface area contributed by atoms with E-state index in [1.807, 2.05) is 42.8 Å². The van der Waals surface area contributed by atoms with Crippen molar-refractivity contribution in [3.63, 3.8) is 0 Å². The third-order valence-corrected chi connectivity index (χ3v) is 4.62. The first kappa shape index (κ1) is 18.2. The molecule has 7 heteroatoms. The zero-order valence-corrected chi connectivity index (χ0v) is 15.3. The molecule has 0 amide bonds. The molecule has 1 aromatic heterocycles. The minimum atomic E-state index is -0.808. The Morgan fingerprint density at radius 1 is 1.42 bits per heavy atom. The third kappa shape index (κ3) is 3.96. The van der Waals surface area contributed by atoms with Crippen molar-refractivity contribution in [2.75, 3.05) is 6.61 Å². The van der Waals surface area contributed by atoms with Crippen molar-refractivity contribution in [2.45, 2.75) is 32.9 Å². The second-order valence-corrected chi connectivity index (χ2v) is 6.46. The molecule has 1 aromatic carbocycles. The zero-order chi connectivity index (χ0) is 18.7. The van der Waals surface area contributed by atoms with E-state index < -0.39 is 18.0 Å². The summed E-state index contributed by atoms with van der Waals surface area (Å²) in [4.78, 5) is 23.3. The minimum Gasteiger partial charge on any atom is -0.463 e. The molecule has 1 saturated heterocycles. The number of cyclic esters (lactones) is 1. The fraction of sp³-hybridized carbons (Fsp3) is 0.316. The van der Waals surface area contributed by atoms with Crippen molar-refractivity contribution in [2.24, 2.45) is 0 Å². The Morgan fingerprint density at radius 2 is 2.19 bits per heavy atom. The van der Waals surface area contributed by atoms with Crippen LogP contribution in [0.2, 0.25) is 5.02 Å². The molecule has 0 N–H and O–H groups in total. The largest absolute Gasteiger partial charge is 0.463 e. The number of nitrogens with zero attached hydrogens (tertiary/aromatic N) is 2. The van der Waals surface area contributed by atoms with Crippen LogP contribution in [-0.4, -0.2) is 34.4 Å². The highest BCUT2D eigenvalue weighted by Gasteiger charge is 2.29. The van der Waals surface area contributed by atoms with Crippen molar-refractivity contribution in [1.82, 2.24) is 9.78 Å². The van der Waals surface area contributed by atoms with Crippen molar-refractivity contribution in [1.29, 1.82) is 0 Å². The van der Waals surface area contributed by atoms with Crippen LogP contribution >= 0.6 is 11.6 Å². The number of esters is 2. The number of carbonyl (C=O) groups is 2. The Bertz CT molecular complexity index is 872. The van der Waals surface area contributed by atoms with Gasteiger partial charge in [0.05, 0.1) is 18.8 Å². The first-order chi connectivity index (χ1) is 12.5. The molecular formula is C19H19ClN2O4. The van der Waals surface area contributed by atoms with Gasteiger partial charge in [-0.25, -0.2) is 9.59 Å². The second kappa shape index (κ2) is 7.74. The standard InChI is InChI=1S/C19H19ClN2O4/c1-12-15(7-8-18(23)26-17-9-10-25-19(17)24)13(2)22(21-12)11-14-5-3-4-6-16(14)20/h3-8,17H,9-11H2,1-2H3/b8-7+/t17-/m0/s1. The first-order valence-electron chi connectivity index (χ1n) is 8.28. The van der Waals surface area contributed by atoms with E-state index in [4.69, 9.17) is 21.1 Å². The van der Waals surface area contributed by atoms with Gasteiger partial charge in [-0.3, -0.25) is 4.68 Å². The number of ether oxygens (including phenoxy) is 2. The maximum absolute atomic E-state index is 11.9. The predicted molar refractivity (Wildman–Crippen MR) is 96.7 cm³/mol. The van der Waals surface area contributed by atoms with Gasteiger partial charge in [0.2, 0.25) is 6.10 Å². The van der Waals surface area contributed by atoms with Gasteiger partial charge >= 0.3 is 11.9 Å². The van der Waals surface area contributed by atoms with Gasteiger partial charge in [0.25, 0.3) is 0 Å². The molecule has 2 aromatic rings. The average molecular weight is 375 g/mol. The Labute approximate surface area is 156 Å². The van der Waals surface area contributed by atoms with Gasteiger partial charge in [-0.1, -0.05) is 29.8 Å². The molecular weight excluding hydrogens is 356 g/mol. The molecule has 3 rings (SSSR count). The number of aromatic nitrogens is 2. The van der Waals surface area contributed by atoms with E-state index >= 15 is 0 Å². The number of carbonyl (C=O) groups excluding carboxylic acids is 2. The lowest BCUT2D eigenvalue weighted by atomic mass is 10.1. The van der Waals surface area contributed by atoms with Gasteiger partial charge < -0.3 is 9.47 Å². The number of rotatable bonds is 5. The molecule has 0 saturated carbocycles. The van der Waals surface area contributed by atoms with Crippen LogP contribution in [0.1, 0.15) is 28.9 Å². The molecule has 0 unspecified atom stereocenters. The first-order valence-corrected chi connectivity index (χ1v) is 8.66. The van der Waals surface area contributed by atoms with E-state index in [1.54, 1.807) is 6.08 Å². The number of hydrogen-bond donors (Lipinski definition) is 0. The molecule has 1 aliphatic rings. The fourth-order valence-electron chi connectivity index (χ4n) is 2.81. The predicted octanol–water partition coefficient (Wildman–Crippen LogP) is 3.07. The third-order valence-electron chi connectivity index (χ3n) is 4.25. The summed E-state index contributed by atoms with van der Waals surface area (Å²) in [5.74, 6) is -1.07. The van der Waals surface area contributed by atoms with Gasteiger partial charge in [0, 0.05) is 28.8 Å². The van der Waals surface area contributed by atoms with Gasteiger partial charge in [0.1, 0.15) is 0 Å². The molecule has 2 heterocycles. The summed E-state index contributed by atoms with van der Waals surface area (Å²) in [6, 6.07) is 7.60. The molecule has 26 heavy (non-hydrogen) atoms. The number of hydrogen-bond acceptors (Lipinski definition) is 5. The monoisotopic (exact) mass is 374 g/mol. The van der Waals surface area contributed by atoms with Crippen LogP contribution in [0, 0.1) is 13.8 Å². The summed E-state index contributed by atoms with van der Waals surface area (Å²) in [5.41, 5.74) is 3.50. The molecule has 0 aliphatic carbocycles. The van der Waals surface area contributed by atoms with E-state index in [-0.39, 0.29) is 6.61 Å². The van der Waals surface area contributed by atoms with Crippen molar-refractivity contribution in [3.05, 3.63) is 57.9 Å². The fourth-order valence-corrected chi connectivity index (χ4v) is 3.00. The van der Waals surface area contributed by atoms with Crippen LogP contribution in [0.4, 0.5) is 0 Å². The number of halogens is 1. The van der Waals surface area contributed by atoms with Crippen molar-refractivity contribution >= 4 is 29.6 Å². The summed E-state index contributed by atoms with van der Waals surface area (Å²) in [6.07, 6.45) is 2.55. The van der Waals surface area contributed by atoms with Crippen molar-refractivity contribution in [3.8, 4) is 0 Å². The lowest BCUT2D eigenvalue weighted by Crippen LogP contribution is -2.21. The molecule has 136 valence electrons. The number of aryl methyl sites for hydroxylation is 1. The molecule has 6 nitrogen and oxygen atoms in total. The van der Waals surface area contributed by atoms with Crippen LogP contribution in [0.3, 0.4) is 0 Å². The summed E-state index contributed by atoms with van der Waals surface area (Å²) < 4.78 is 11.7. The highest BCUT2D eigenvalue weighted by Crippen LogP contribution is 2.20. The summed E-state index contributed by atoms with van der Waals surface area (Å²) >= 11 is 6.21. The van der Waals surface area contributed by atoms with Crippen LogP contribution in [0.5, 0.6) is 0 Å². The molecule has 0 bridgehead atoms. The van der Waals surface area contributed by atoms with E-state index in [2.05, 4.69) is 5.10 Å². The van der Waals surface area contributed by atoms with E-state index in [1.165, 1.54) is 6.08 Å². The van der Waals surface area contributed by atoms with Crippen LogP contribution in [0.25, 0.3) is 6.08 Å². The normalized spacial score (nSPS) is 16.9. The Balaban J connectivity index is 1.72. The quantitative estimate of drug-likeness (QED) is 0.594. The molecule has 0 radical (unpaired) electrons. The van der Waals surface area contributed by atoms with Crippen LogP contribution in [-0.2, 0) is 25.6 Å². The maximum Gasteiger partial charge on any atom is 0.347 e. The minimum absolute atomic E-state index is 0.285. The Kier molecular flexibility index (Phi) is 5.42. The lowest BCUT2D eigenvalue weighted by molar-refractivity contribution is -0.156. The SMILES string of the molecule is Cc1nn(Cc2ccccc2Cl)c(C)c1/C=C/C(=O)O[C@H]1CCOC1=O. The topological polar surface area (TPSA) is 70.4 Å². The highest BCUT2D eigenvalue weighted by molar-refractivity contribution is 6.31. The van der Waals surface area contributed by atoms with E-state index in [0.29, 0.717) is 18.0 Å². The maximum atomic E-state index is 11.9. The number of benzene rings is 1. The van der Waals surface area contributed by atoms with Crippen LogP contribution in [0.15, 0.2) is 30.3 Å². The smallest absolute Gasteiger partial charge is 0.347 e. The van der Waals surface area contributed by atoms with Crippen LogP contribution < -0.4 is 0 Å². The molecule has 1 aliphatic heterocycles. The molecule has 0 spiro atoms. The van der Waals surface area contributed by atoms with Gasteiger partial charge in [0.15, 0.2) is 0 Å². The Morgan fingerprint density at radius 3 is 2.88 bits per heavy atom. The zero-order valence-electron chi connectivity index (χ0n) is 14.6. The summed E-state index contributed by atoms with van der Waals surface area (Å²) in [6.45, 7) is 4.62. The van der Waals surface area contributed by atoms with E-state index in [0.717, 1.165) is 22.5 Å².